The van der Waals surface area contributed by atoms with Gasteiger partial charge in [-0.05, 0) is 68.1 Å². The number of aryl methyl sites for hydroxylation is 2. The van der Waals surface area contributed by atoms with Gasteiger partial charge in [-0.3, -0.25) is 4.79 Å². The molecule has 2 fully saturated rings. The van der Waals surface area contributed by atoms with E-state index in [-0.39, 0.29) is 17.9 Å². The van der Waals surface area contributed by atoms with Crippen LogP contribution in [0.4, 0.5) is 0 Å². The molecule has 1 amide bonds. The molecule has 3 nitrogen and oxygen atoms in total. The number of nitrogens with one attached hydrogen (secondary N) is 1. The van der Waals surface area contributed by atoms with Crippen molar-refractivity contribution in [2.24, 2.45) is 23.5 Å². The smallest absolute Gasteiger partial charge is 0.224 e. The molecule has 2 saturated carbocycles. The van der Waals surface area contributed by atoms with Crippen molar-refractivity contribution in [2.45, 2.75) is 45.6 Å². The molecule has 1 aromatic carbocycles. The van der Waals surface area contributed by atoms with Crippen molar-refractivity contribution in [3.63, 3.8) is 0 Å². The molecule has 0 spiro atoms. The third-order valence-corrected chi connectivity index (χ3v) is 5.60. The Bertz CT molecular complexity index is 518. The Labute approximate surface area is 127 Å². The zero-order valence-corrected chi connectivity index (χ0v) is 13.1. The van der Waals surface area contributed by atoms with Crippen LogP contribution in [0.25, 0.3) is 0 Å². The van der Waals surface area contributed by atoms with Crippen LogP contribution in [0.3, 0.4) is 0 Å². The fraction of sp³-hybridized carbons (Fsp3) is 0.611. The van der Waals surface area contributed by atoms with E-state index in [1.165, 1.54) is 29.5 Å². The normalized spacial score (nSPS) is 30.6. The highest BCUT2D eigenvalue weighted by atomic mass is 16.1. The van der Waals surface area contributed by atoms with Crippen molar-refractivity contribution < 1.29 is 4.79 Å². The molecule has 1 aromatic rings. The van der Waals surface area contributed by atoms with Gasteiger partial charge in [0.2, 0.25) is 5.91 Å². The van der Waals surface area contributed by atoms with E-state index in [2.05, 4.69) is 37.4 Å². The second-order valence-corrected chi connectivity index (χ2v) is 6.85. The molecule has 2 aliphatic rings. The number of hydrogen-bond acceptors (Lipinski definition) is 2. The van der Waals surface area contributed by atoms with Crippen molar-refractivity contribution in [1.29, 1.82) is 0 Å². The zero-order chi connectivity index (χ0) is 15.0. The van der Waals surface area contributed by atoms with Gasteiger partial charge in [-0.2, -0.15) is 0 Å². The highest BCUT2D eigenvalue weighted by Gasteiger charge is 2.48. The Morgan fingerprint density at radius 3 is 2.52 bits per heavy atom. The minimum absolute atomic E-state index is 0.0571. The van der Waals surface area contributed by atoms with Gasteiger partial charge in [-0.15, -0.1) is 0 Å². The van der Waals surface area contributed by atoms with E-state index in [1.54, 1.807) is 0 Å². The van der Waals surface area contributed by atoms with E-state index in [9.17, 15) is 4.79 Å². The monoisotopic (exact) mass is 286 g/mol. The first-order chi connectivity index (χ1) is 10.1. The summed E-state index contributed by atoms with van der Waals surface area (Å²) >= 11 is 0. The fourth-order valence-electron chi connectivity index (χ4n) is 4.40. The summed E-state index contributed by atoms with van der Waals surface area (Å²) in [5.74, 6) is 1.36. The minimum atomic E-state index is 0.0571. The summed E-state index contributed by atoms with van der Waals surface area (Å²) in [7, 11) is 0. The molecular weight excluding hydrogens is 260 g/mol. The van der Waals surface area contributed by atoms with Crippen LogP contribution < -0.4 is 11.1 Å². The fourth-order valence-corrected chi connectivity index (χ4v) is 4.40. The van der Waals surface area contributed by atoms with Gasteiger partial charge >= 0.3 is 0 Å². The van der Waals surface area contributed by atoms with Gasteiger partial charge in [0.15, 0.2) is 0 Å². The highest BCUT2D eigenvalue weighted by molar-refractivity contribution is 5.80. The molecule has 0 aromatic heterocycles. The summed E-state index contributed by atoms with van der Waals surface area (Å²) in [5.41, 5.74) is 10.2. The first kappa shape index (κ1) is 14.6. The van der Waals surface area contributed by atoms with Crippen LogP contribution in [-0.4, -0.2) is 18.5 Å². The number of carbonyl (C=O) groups is 1. The Kier molecular flexibility index (Phi) is 4.03. The molecule has 114 valence electrons. The molecule has 3 N–H and O–H groups in total. The largest absolute Gasteiger partial charge is 0.355 e. The van der Waals surface area contributed by atoms with Crippen LogP contribution in [0.5, 0.6) is 0 Å². The van der Waals surface area contributed by atoms with E-state index in [0.717, 1.165) is 12.8 Å². The molecule has 0 aliphatic heterocycles. The van der Waals surface area contributed by atoms with Gasteiger partial charge in [0.25, 0.3) is 0 Å². The Morgan fingerprint density at radius 2 is 1.90 bits per heavy atom. The molecule has 0 radical (unpaired) electrons. The van der Waals surface area contributed by atoms with Crippen LogP contribution in [-0.2, 0) is 11.2 Å². The Hall–Kier alpha value is -1.35. The van der Waals surface area contributed by atoms with E-state index in [1.807, 2.05) is 0 Å². The standard InChI is InChI=1S/C18H26N2O/c1-11-4-3-5-12(2)15(11)8-9-20-18(21)16-13-6-7-14(10-13)17(16)19/h3-5,13-14,16-17H,6-10,19H2,1-2H3,(H,20,21). The number of fused-ring (bicyclic) bond motifs is 2. The first-order valence-electron chi connectivity index (χ1n) is 8.16. The summed E-state index contributed by atoms with van der Waals surface area (Å²) in [4.78, 5) is 12.4. The molecule has 0 heterocycles. The lowest BCUT2D eigenvalue weighted by molar-refractivity contribution is -0.127. The predicted molar refractivity (Wildman–Crippen MR) is 84.9 cm³/mol. The van der Waals surface area contributed by atoms with Gasteiger partial charge in [0.05, 0.1) is 5.92 Å². The Balaban J connectivity index is 1.55. The number of hydrogen-bond donors (Lipinski definition) is 2. The number of carbonyl (C=O) groups excluding carboxylic acids is 1. The van der Waals surface area contributed by atoms with Crippen LogP contribution in [0.1, 0.15) is 36.0 Å². The molecule has 21 heavy (non-hydrogen) atoms. The minimum Gasteiger partial charge on any atom is -0.355 e. The lowest BCUT2D eigenvalue weighted by atomic mass is 9.84. The zero-order valence-electron chi connectivity index (χ0n) is 13.1. The van der Waals surface area contributed by atoms with Gasteiger partial charge in [-0.1, -0.05) is 18.2 Å². The third-order valence-electron chi connectivity index (χ3n) is 5.60. The topological polar surface area (TPSA) is 55.1 Å². The summed E-state index contributed by atoms with van der Waals surface area (Å²) < 4.78 is 0. The van der Waals surface area contributed by atoms with E-state index < -0.39 is 0 Å². The molecular formula is C18H26N2O. The van der Waals surface area contributed by atoms with Crippen LogP contribution in [0.2, 0.25) is 0 Å². The maximum Gasteiger partial charge on any atom is 0.224 e. The first-order valence-corrected chi connectivity index (χ1v) is 8.16. The lowest BCUT2D eigenvalue weighted by Crippen LogP contribution is -2.45. The van der Waals surface area contributed by atoms with Gasteiger partial charge in [0.1, 0.15) is 0 Å². The third kappa shape index (κ3) is 2.71. The number of nitrogens with two attached hydrogens (primary N) is 1. The number of amides is 1. The van der Waals surface area contributed by atoms with Crippen LogP contribution in [0, 0.1) is 31.6 Å². The molecule has 3 rings (SSSR count). The SMILES string of the molecule is Cc1cccc(C)c1CCNC(=O)C1C2CCC(C2)C1N. The predicted octanol–water partition coefficient (Wildman–Crippen LogP) is 2.34. The highest BCUT2D eigenvalue weighted by Crippen LogP contribution is 2.47. The quantitative estimate of drug-likeness (QED) is 0.892. The van der Waals surface area contributed by atoms with Crippen molar-refractivity contribution >= 4 is 5.91 Å². The van der Waals surface area contributed by atoms with Crippen LogP contribution in [0.15, 0.2) is 18.2 Å². The average Bonchev–Trinajstić information content (AvgIpc) is 3.02. The van der Waals surface area contributed by atoms with Crippen molar-refractivity contribution in [3.05, 3.63) is 34.9 Å². The lowest BCUT2D eigenvalue weighted by Gasteiger charge is -2.27. The molecule has 3 heteroatoms. The summed E-state index contributed by atoms with van der Waals surface area (Å²) in [5, 5.41) is 3.12. The summed E-state index contributed by atoms with van der Waals surface area (Å²) in [6.45, 7) is 4.98. The number of rotatable bonds is 4. The second kappa shape index (κ2) is 5.80. The molecule has 2 bridgehead atoms. The summed E-state index contributed by atoms with van der Waals surface area (Å²) in [6.07, 6.45) is 4.47. The maximum absolute atomic E-state index is 12.4. The van der Waals surface area contributed by atoms with Crippen molar-refractivity contribution in [2.75, 3.05) is 6.54 Å². The van der Waals surface area contributed by atoms with Crippen molar-refractivity contribution in [1.82, 2.24) is 5.32 Å². The molecule has 4 atom stereocenters. The molecule has 0 saturated heterocycles. The molecule has 2 aliphatic carbocycles. The van der Waals surface area contributed by atoms with E-state index >= 15 is 0 Å². The van der Waals surface area contributed by atoms with Gasteiger partial charge < -0.3 is 11.1 Å². The van der Waals surface area contributed by atoms with E-state index in [4.69, 9.17) is 5.73 Å². The van der Waals surface area contributed by atoms with E-state index in [0.29, 0.717) is 18.4 Å². The average molecular weight is 286 g/mol. The maximum atomic E-state index is 12.4. The Morgan fingerprint density at radius 1 is 1.24 bits per heavy atom. The number of benzene rings is 1. The van der Waals surface area contributed by atoms with Gasteiger partial charge in [-0.25, -0.2) is 0 Å². The van der Waals surface area contributed by atoms with Crippen molar-refractivity contribution in [3.8, 4) is 0 Å². The van der Waals surface area contributed by atoms with Gasteiger partial charge in [0, 0.05) is 12.6 Å². The van der Waals surface area contributed by atoms with Crippen LogP contribution >= 0.6 is 0 Å². The molecule has 4 unspecified atom stereocenters. The summed E-state index contributed by atoms with van der Waals surface area (Å²) in [6, 6.07) is 6.44. The second-order valence-electron chi connectivity index (χ2n) is 6.85.